The van der Waals surface area contributed by atoms with Gasteiger partial charge in [-0.25, -0.2) is 4.39 Å². The molecule has 1 saturated heterocycles. The van der Waals surface area contributed by atoms with E-state index in [-0.39, 0.29) is 17.6 Å². The zero-order chi connectivity index (χ0) is 13.9. The van der Waals surface area contributed by atoms with Crippen molar-refractivity contribution in [3.8, 4) is 0 Å². The van der Waals surface area contributed by atoms with Crippen molar-refractivity contribution in [1.29, 1.82) is 0 Å². The first-order valence-electron chi connectivity index (χ1n) is 7.80. The molecule has 0 bridgehead atoms. The van der Waals surface area contributed by atoms with Gasteiger partial charge >= 0.3 is 0 Å². The summed E-state index contributed by atoms with van der Waals surface area (Å²) in [4.78, 5) is 14.9. The normalized spacial score (nSPS) is 21.4. The summed E-state index contributed by atoms with van der Waals surface area (Å²) in [6, 6.07) is 6.52. The first-order chi connectivity index (χ1) is 9.75. The Kier molecular flexibility index (Phi) is 4.04. The lowest BCUT2D eigenvalue weighted by atomic mass is 9.92. The molecule has 2 fully saturated rings. The van der Waals surface area contributed by atoms with Crippen molar-refractivity contribution < 1.29 is 9.18 Å². The van der Waals surface area contributed by atoms with Gasteiger partial charge in [0.05, 0.1) is 5.92 Å². The molecular weight excluding hydrogens is 253 g/mol. The summed E-state index contributed by atoms with van der Waals surface area (Å²) < 4.78 is 13.1. The molecule has 2 aliphatic rings. The molecule has 1 aliphatic heterocycles. The summed E-state index contributed by atoms with van der Waals surface area (Å²) in [5, 5.41) is 0. The van der Waals surface area contributed by atoms with Gasteiger partial charge in [0.2, 0.25) is 5.91 Å². The Balaban J connectivity index is 1.79. The van der Waals surface area contributed by atoms with Gasteiger partial charge in [-0.05, 0) is 49.3 Å². The van der Waals surface area contributed by atoms with Crippen LogP contribution in [0.5, 0.6) is 0 Å². The van der Waals surface area contributed by atoms with Crippen molar-refractivity contribution in [1.82, 2.24) is 4.90 Å². The lowest BCUT2D eigenvalue weighted by Gasteiger charge is -2.26. The number of rotatable bonds is 3. The van der Waals surface area contributed by atoms with Crippen molar-refractivity contribution >= 4 is 5.91 Å². The molecule has 1 aliphatic carbocycles. The van der Waals surface area contributed by atoms with Gasteiger partial charge in [0, 0.05) is 13.1 Å². The molecule has 3 rings (SSSR count). The number of halogens is 1. The minimum Gasteiger partial charge on any atom is -0.342 e. The van der Waals surface area contributed by atoms with Gasteiger partial charge in [-0.2, -0.15) is 0 Å². The molecular formula is C17H22FNO. The molecule has 0 aromatic heterocycles. The van der Waals surface area contributed by atoms with E-state index in [9.17, 15) is 9.18 Å². The van der Waals surface area contributed by atoms with Gasteiger partial charge in [-0.15, -0.1) is 0 Å². The van der Waals surface area contributed by atoms with Crippen LogP contribution < -0.4 is 0 Å². The quantitative estimate of drug-likeness (QED) is 0.823. The van der Waals surface area contributed by atoms with E-state index in [1.54, 1.807) is 12.1 Å². The van der Waals surface area contributed by atoms with Crippen LogP contribution >= 0.6 is 0 Å². The number of hydrogen-bond acceptors (Lipinski definition) is 1. The molecule has 1 aromatic carbocycles. The van der Waals surface area contributed by atoms with Crippen LogP contribution in [0.3, 0.4) is 0 Å². The van der Waals surface area contributed by atoms with E-state index < -0.39 is 0 Å². The molecule has 1 atom stereocenters. The minimum atomic E-state index is -0.231. The standard InChI is InChI=1S/C17H22FNO/c18-15-9-7-14(8-10-15)16(13-5-6-13)17(20)19-11-3-1-2-4-12-19/h7-10,13,16H,1-6,11-12H2. The molecule has 1 unspecified atom stereocenters. The third kappa shape index (κ3) is 3.02. The van der Waals surface area contributed by atoms with Gasteiger partial charge in [-0.1, -0.05) is 25.0 Å². The van der Waals surface area contributed by atoms with Crippen molar-refractivity contribution in [3.63, 3.8) is 0 Å². The second kappa shape index (κ2) is 5.94. The Labute approximate surface area is 120 Å². The van der Waals surface area contributed by atoms with Crippen LogP contribution in [0.25, 0.3) is 0 Å². The van der Waals surface area contributed by atoms with Crippen LogP contribution in [0.1, 0.15) is 50.0 Å². The molecule has 1 heterocycles. The van der Waals surface area contributed by atoms with E-state index in [0.29, 0.717) is 5.92 Å². The van der Waals surface area contributed by atoms with Gasteiger partial charge in [0.1, 0.15) is 5.82 Å². The number of benzene rings is 1. The molecule has 108 valence electrons. The fraction of sp³-hybridized carbons (Fsp3) is 0.588. The highest BCUT2D eigenvalue weighted by atomic mass is 19.1. The zero-order valence-corrected chi connectivity index (χ0v) is 11.9. The molecule has 0 N–H and O–H groups in total. The Morgan fingerprint density at radius 2 is 1.65 bits per heavy atom. The Morgan fingerprint density at radius 1 is 1.05 bits per heavy atom. The highest BCUT2D eigenvalue weighted by Crippen LogP contribution is 2.43. The average Bonchev–Trinajstić information content (AvgIpc) is 3.27. The Morgan fingerprint density at radius 3 is 2.20 bits per heavy atom. The largest absolute Gasteiger partial charge is 0.342 e. The number of likely N-dealkylation sites (tertiary alicyclic amines) is 1. The van der Waals surface area contributed by atoms with Crippen LogP contribution in [0.15, 0.2) is 24.3 Å². The van der Waals surface area contributed by atoms with Crippen molar-refractivity contribution in [2.45, 2.75) is 44.4 Å². The maximum Gasteiger partial charge on any atom is 0.230 e. The van der Waals surface area contributed by atoms with E-state index in [4.69, 9.17) is 0 Å². The molecule has 0 spiro atoms. The molecule has 2 nitrogen and oxygen atoms in total. The maximum absolute atomic E-state index is 13.1. The number of hydrogen-bond donors (Lipinski definition) is 0. The summed E-state index contributed by atoms with van der Waals surface area (Å²) in [6.45, 7) is 1.78. The fourth-order valence-electron chi connectivity index (χ4n) is 3.20. The lowest BCUT2D eigenvalue weighted by molar-refractivity contribution is -0.133. The van der Waals surface area contributed by atoms with E-state index in [0.717, 1.165) is 44.3 Å². The number of amides is 1. The SMILES string of the molecule is O=C(C(c1ccc(F)cc1)C1CC1)N1CCCCCC1. The van der Waals surface area contributed by atoms with Crippen molar-refractivity contribution in [3.05, 3.63) is 35.6 Å². The van der Waals surface area contributed by atoms with Gasteiger partial charge < -0.3 is 4.90 Å². The van der Waals surface area contributed by atoms with Gasteiger partial charge in [0.15, 0.2) is 0 Å². The minimum absolute atomic E-state index is 0.0475. The summed E-state index contributed by atoms with van der Waals surface area (Å²) in [5.41, 5.74) is 0.989. The van der Waals surface area contributed by atoms with Crippen molar-refractivity contribution in [2.24, 2.45) is 5.92 Å². The second-order valence-corrected chi connectivity index (χ2v) is 6.11. The number of carbonyl (C=O) groups is 1. The molecule has 20 heavy (non-hydrogen) atoms. The van der Waals surface area contributed by atoms with Crippen LogP contribution in [0.2, 0.25) is 0 Å². The molecule has 1 aromatic rings. The van der Waals surface area contributed by atoms with Crippen molar-refractivity contribution in [2.75, 3.05) is 13.1 Å². The summed E-state index contributed by atoms with van der Waals surface area (Å²) >= 11 is 0. The highest BCUT2D eigenvalue weighted by Gasteiger charge is 2.39. The summed E-state index contributed by atoms with van der Waals surface area (Å²) in [7, 11) is 0. The highest BCUT2D eigenvalue weighted by molar-refractivity contribution is 5.84. The molecule has 1 amide bonds. The van der Waals surface area contributed by atoms with E-state index in [2.05, 4.69) is 0 Å². The summed E-state index contributed by atoms with van der Waals surface area (Å²) in [5.74, 6) is 0.455. The first kappa shape index (κ1) is 13.6. The monoisotopic (exact) mass is 275 g/mol. The van der Waals surface area contributed by atoms with Crippen LogP contribution in [-0.4, -0.2) is 23.9 Å². The Bertz CT molecular complexity index is 458. The predicted molar refractivity (Wildman–Crippen MR) is 76.9 cm³/mol. The molecule has 0 radical (unpaired) electrons. The third-order valence-corrected chi connectivity index (χ3v) is 4.51. The topological polar surface area (TPSA) is 20.3 Å². The smallest absolute Gasteiger partial charge is 0.230 e. The Hall–Kier alpha value is -1.38. The second-order valence-electron chi connectivity index (χ2n) is 6.11. The maximum atomic E-state index is 13.1. The average molecular weight is 275 g/mol. The zero-order valence-electron chi connectivity index (χ0n) is 11.9. The third-order valence-electron chi connectivity index (χ3n) is 4.51. The lowest BCUT2D eigenvalue weighted by Crippen LogP contribution is -2.36. The number of nitrogens with zero attached hydrogens (tertiary/aromatic N) is 1. The first-order valence-corrected chi connectivity index (χ1v) is 7.80. The van der Waals surface area contributed by atoms with Crippen LogP contribution in [-0.2, 0) is 4.79 Å². The van der Waals surface area contributed by atoms with Crippen LogP contribution in [0, 0.1) is 11.7 Å². The fourth-order valence-corrected chi connectivity index (χ4v) is 3.20. The molecule has 3 heteroatoms. The van der Waals surface area contributed by atoms with Crippen LogP contribution in [0.4, 0.5) is 4.39 Å². The van der Waals surface area contributed by atoms with E-state index in [1.807, 2.05) is 4.90 Å². The van der Waals surface area contributed by atoms with E-state index in [1.165, 1.54) is 25.0 Å². The van der Waals surface area contributed by atoms with Gasteiger partial charge in [0.25, 0.3) is 0 Å². The van der Waals surface area contributed by atoms with Gasteiger partial charge in [-0.3, -0.25) is 4.79 Å². The predicted octanol–water partition coefficient (Wildman–Crippen LogP) is 3.72. The number of carbonyl (C=O) groups excluding carboxylic acids is 1. The summed E-state index contributed by atoms with van der Waals surface area (Å²) in [6.07, 6.45) is 6.95. The molecule has 1 saturated carbocycles. The van der Waals surface area contributed by atoms with E-state index >= 15 is 0 Å².